The highest BCUT2D eigenvalue weighted by Crippen LogP contribution is 2.33. The van der Waals surface area contributed by atoms with Crippen LogP contribution in [-0.2, 0) is 6.42 Å². The van der Waals surface area contributed by atoms with Crippen molar-refractivity contribution in [3.63, 3.8) is 0 Å². The topological polar surface area (TPSA) is 12.9 Å². The van der Waals surface area contributed by atoms with E-state index in [1.807, 2.05) is 0 Å². The lowest BCUT2D eigenvalue weighted by atomic mass is 9.90. The highest BCUT2D eigenvalue weighted by molar-refractivity contribution is 5.91. The van der Waals surface area contributed by atoms with Gasteiger partial charge in [0.15, 0.2) is 0 Å². The average Bonchev–Trinajstić information content (AvgIpc) is 2.67. The van der Waals surface area contributed by atoms with Gasteiger partial charge in [-0.2, -0.15) is 0 Å². The Kier molecular flexibility index (Phi) is 5.00. The van der Waals surface area contributed by atoms with Crippen LogP contribution < -0.4 is 0 Å². The molecule has 0 bridgehead atoms. The molecule has 0 fully saturated rings. The summed E-state index contributed by atoms with van der Waals surface area (Å²) in [4.78, 5) is 5.03. The van der Waals surface area contributed by atoms with Crippen molar-refractivity contribution in [2.45, 2.75) is 34.1 Å². The number of aryl methyl sites for hydroxylation is 2. The van der Waals surface area contributed by atoms with Gasteiger partial charge in [-0.3, -0.25) is 0 Å². The van der Waals surface area contributed by atoms with Crippen LogP contribution in [0.3, 0.4) is 0 Å². The van der Waals surface area contributed by atoms with Gasteiger partial charge in [0.1, 0.15) is 0 Å². The molecular formula is C27H27N. The second kappa shape index (κ2) is 7.59. The maximum atomic E-state index is 5.03. The van der Waals surface area contributed by atoms with E-state index < -0.39 is 0 Å². The molecule has 0 spiro atoms. The summed E-state index contributed by atoms with van der Waals surface area (Å²) < 4.78 is 0. The predicted molar refractivity (Wildman–Crippen MR) is 121 cm³/mol. The number of aromatic nitrogens is 1. The summed E-state index contributed by atoms with van der Waals surface area (Å²) in [6, 6.07) is 26.2. The van der Waals surface area contributed by atoms with Gasteiger partial charge in [0.25, 0.3) is 0 Å². The van der Waals surface area contributed by atoms with Gasteiger partial charge < -0.3 is 0 Å². The second-order valence-electron chi connectivity index (χ2n) is 8.20. The zero-order valence-electron chi connectivity index (χ0n) is 17.2. The molecule has 1 aromatic heterocycles. The van der Waals surface area contributed by atoms with Gasteiger partial charge in [-0.15, -0.1) is 0 Å². The van der Waals surface area contributed by atoms with Crippen molar-refractivity contribution in [1.82, 2.24) is 4.98 Å². The number of pyridine rings is 1. The Labute approximate surface area is 168 Å². The quantitative estimate of drug-likeness (QED) is 0.367. The van der Waals surface area contributed by atoms with Crippen LogP contribution in [-0.4, -0.2) is 4.98 Å². The van der Waals surface area contributed by atoms with Crippen molar-refractivity contribution in [1.29, 1.82) is 0 Å². The summed E-state index contributed by atoms with van der Waals surface area (Å²) in [5, 5.41) is 1.27. The SMILES string of the molecule is Cc1cc(C)cc(-c2ccc3c(CC(C)C)c(-c4ccccc4)ccc3n2)c1. The normalized spacial score (nSPS) is 11.3. The van der Waals surface area contributed by atoms with E-state index in [1.54, 1.807) is 0 Å². The van der Waals surface area contributed by atoms with Crippen LogP contribution in [0.1, 0.15) is 30.5 Å². The minimum Gasteiger partial charge on any atom is -0.248 e. The monoisotopic (exact) mass is 365 g/mol. The molecule has 0 saturated heterocycles. The summed E-state index contributed by atoms with van der Waals surface area (Å²) >= 11 is 0. The van der Waals surface area contributed by atoms with E-state index in [1.165, 1.54) is 38.8 Å². The maximum absolute atomic E-state index is 5.03. The van der Waals surface area contributed by atoms with Crippen LogP contribution in [0, 0.1) is 19.8 Å². The minimum absolute atomic E-state index is 0.590. The molecule has 4 aromatic rings. The zero-order valence-corrected chi connectivity index (χ0v) is 17.2. The highest BCUT2D eigenvalue weighted by Gasteiger charge is 2.13. The number of hydrogen-bond donors (Lipinski definition) is 0. The van der Waals surface area contributed by atoms with Gasteiger partial charge >= 0.3 is 0 Å². The molecule has 0 aliphatic heterocycles. The third-order valence-corrected chi connectivity index (χ3v) is 5.20. The van der Waals surface area contributed by atoms with Crippen LogP contribution in [0.25, 0.3) is 33.3 Å². The van der Waals surface area contributed by atoms with Gasteiger partial charge in [-0.1, -0.05) is 73.5 Å². The van der Waals surface area contributed by atoms with Crippen molar-refractivity contribution in [3.8, 4) is 22.4 Å². The van der Waals surface area contributed by atoms with E-state index in [2.05, 4.69) is 100 Å². The first-order chi connectivity index (χ1) is 13.5. The number of fused-ring (bicyclic) bond motifs is 1. The van der Waals surface area contributed by atoms with Crippen LogP contribution in [0.4, 0.5) is 0 Å². The minimum atomic E-state index is 0.590. The Morgan fingerprint density at radius 3 is 2.14 bits per heavy atom. The zero-order chi connectivity index (χ0) is 19.7. The van der Waals surface area contributed by atoms with E-state index >= 15 is 0 Å². The average molecular weight is 366 g/mol. The van der Waals surface area contributed by atoms with Crippen molar-refractivity contribution in [3.05, 3.63) is 89.5 Å². The lowest BCUT2D eigenvalue weighted by molar-refractivity contribution is 0.651. The molecule has 1 nitrogen and oxygen atoms in total. The Balaban J connectivity index is 1.89. The van der Waals surface area contributed by atoms with E-state index in [0.29, 0.717) is 5.92 Å². The predicted octanol–water partition coefficient (Wildman–Crippen LogP) is 7.38. The number of rotatable bonds is 4. The first-order valence-corrected chi connectivity index (χ1v) is 10.1. The second-order valence-corrected chi connectivity index (χ2v) is 8.20. The molecule has 0 radical (unpaired) electrons. The first kappa shape index (κ1) is 18.4. The number of nitrogens with zero attached hydrogens (tertiary/aromatic N) is 1. The van der Waals surface area contributed by atoms with E-state index in [4.69, 9.17) is 4.98 Å². The fourth-order valence-electron chi connectivity index (χ4n) is 4.06. The molecule has 0 amide bonds. The molecule has 1 heterocycles. The largest absolute Gasteiger partial charge is 0.248 e. The Bertz CT molecular complexity index is 1100. The highest BCUT2D eigenvalue weighted by atomic mass is 14.7. The molecule has 140 valence electrons. The molecule has 0 unspecified atom stereocenters. The molecule has 0 atom stereocenters. The van der Waals surface area contributed by atoms with Gasteiger partial charge in [-0.05, 0) is 67.1 Å². The van der Waals surface area contributed by atoms with Gasteiger partial charge in [0, 0.05) is 10.9 Å². The van der Waals surface area contributed by atoms with Crippen molar-refractivity contribution >= 4 is 10.9 Å². The van der Waals surface area contributed by atoms with Crippen molar-refractivity contribution < 1.29 is 0 Å². The van der Waals surface area contributed by atoms with Gasteiger partial charge in [-0.25, -0.2) is 4.98 Å². The maximum Gasteiger partial charge on any atom is 0.0712 e. The van der Waals surface area contributed by atoms with E-state index in [0.717, 1.165) is 17.6 Å². The molecular weight excluding hydrogens is 338 g/mol. The third-order valence-electron chi connectivity index (χ3n) is 5.20. The number of benzene rings is 3. The molecule has 4 rings (SSSR count). The molecule has 0 N–H and O–H groups in total. The van der Waals surface area contributed by atoms with Gasteiger partial charge in [0.05, 0.1) is 11.2 Å². The summed E-state index contributed by atoms with van der Waals surface area (Å²) in [7, 11) is 0. The van der Waals surface area contributed by atoms with Gasteiger partial charge in [0.2, 0.25) is 0 Å². The summed E-state index contributed by atoms with van der Waals surface area (Å²) in [5.74, 6) is 0.590. The number of hydrogen-bond acceptors (Lipinski definition) is 1. The lowest BCUT2D eigenvalue weighted by Gasteiger charge is -2.16. The van der Waals surface area contributed by atoms with Crippen LogP contribution in [0.15, 0.2) is 72.8 Å². The molecule has 3 aromatic carbocycles. The van der Waals surface area contributed by atoms with Crippen LogP contribution >= 0.6 is 0 Å². The summed E-state index contributed by atoms with van der Waals surface area (Å²) in [5.41, 5.74) is 9.86. The molecule has 0 aliphatic carbocycles. The molecule has 0 saturated carbocycles. The van der Waals surface area contributed by atoms with E-state index in [9.17, 15) is 0 Å². The lowest BCUT2D eigenvalue weighted by Crippen LogP contribution is -1.99. The third kappa shape index (κ3) is 3.71. The molecule has 28 heavy (non-hydrogen) atoms. The van der Waals surface area contributed by atoms with E-state index in [-0.39, 0.29) is 0 Å². The fourth-order valence-corrected chi connectivity index (χ4v) is 4.06. The Morgan fingerprint density at radius 2 is 1.46 bits per heavy atom. The Hall–Kier alpha value is -2.93. The molecule has 0 aliphatic rings. The van der Waals surface area contributed by atoms with Crippen molar-refractivity contribution in [2.75, 3.05) is 0 Å². The summed E-state index contributed by atoms with van der Waals surface area (Å²) in [6.07, 6.45) is 1.05. The molecule has 1 heteroatoms. The standard InChI is InChI=1S/C27H27N/c1-18(2)14-25-23(21-8-6-5-7-9-21)10-13-27-24(25)11-12-26(28-27)22-16-19(3)15-20(4)17-22/h5-13,15-18H,14H2,1-4H3. The fraction of sp³-hybridized carbons (Fsp3) is 0.222. The summed E-state index contributed by atoms with van der Waals surface area (Å²) in [6.45, 7) is 8.85. The van der Waals surface area contributed by atoms with Crippen molar-refractivity contribution in [2.24, 2.45) is 5.92 Å². The smallest absolute Gasteiger partial charge is 0.0712 e. The van der Waals surface area contributed by atoms with Crippen LogP contribution in [0.5, 0.6) is 0 Å². The van der Waals surface area contributed by atoms with Crippen LogP contribution in [0.2, 0.25) is 0 Å². The Morgan fingerprint density at radius 1 is 0.750 bits per heavy atom. The first-order valence-electron chi connectivity index (χ1n) is 10.1.